The monoisotopic (exact) mass is 283 g/mol. The molecule has 0 spiro atoms. The largest absolute Gasteiger partial charge is 0.491 e. The minimum Gasteiger partial charge on any atom is -0.491 e. The smallest absolute Gasteiger partial charge is 0.137 e. The van der Waals surface area contributed by atoms with Crippen LogP contribution >= 0.6 is 11.6 Å². The quantitative estimate of drug-likeness (QED) is 0.621. The highest BCUT2D eigenvalue weighted by Crippen LogP contribution is 2.22. The number of ether oxygens (including phenoxy) is 1. The molecule has 3 heteroatoms. The van der Waals surface area contributed by atoms with Crippen LogP contribution in [-0.2, 0) is 0 Å². The summed E-state index contributed by atoms with van der Waals surface area (Å²) in [5.74, 6) is 0.787. The third-order valence-corrected chi connectivity index (χ3v) is 3.47. The molecule has 0 aliphatic carbocycles. The van der Waals surface area contributed by atoms with Gasteiger partial charge in [0.05, 0.1) is 5.02 Å². The summed E-state index contributed by atoms with van der Waals surface area (Å²) in [6.45, 7) is 8.49. The predicted molar refractivity (Wildman–Crippen MR) is 83.2 cm³/mol. The Morgan fingerprint density at radius 2 is 1.63 bits per heavy atom. The summed E-state index contributed by atoms with van der Waals surface area (Å²) < 4.78 is 5.75. The molecular formula is C16H26ClNO. The summed E-state index contributed by atoms with van der Waals surface area (Å²) in [7, 11) is 0. The van der Waals surface area contributed by atoms with Crippen LogP contribution < -0.4 is 4.74 Å². The van der Waals surface area contributed by atoms with Gasteiger partial charge in [0.1, 0.15) is 12.4 Å². The second-order valence-corrected chi connectivity index (χ2v) is 5.23. The third-order valence-electron chi connectivity index (χ3n) is 3.16. The molecule has 0 amide bonds. The van der Waals surface area contributed by atoms with Gasteiger partial charge in [-0.1, -0.05) is 50.4 Å². The van der Waals surface area contributed by atoms with Gasteiger partial charge >= 0.3 is 0 Å². The van der Waals surface area contributed by atoms with Gasteiger partial charge in [-0.25, -0.2) is 0 Å². The molecule has 108 valence electrons. The van der Waals surface area contributed by atoms with Crippen molar-refractivity contribution in [3.8, 4) is 5.75 Å². The van der Waals surface area contributed by atoms with Gasteiger partial charge in [-0.2, -0.15) is 0 Å². The molecule has 0 aliphatic heterocycles. The predicted octanol–water partition coefficient (Wildman–Crippen LogP) is 4.62. The van der Waals surface area contributed by atoms with Crippen molar-refractivity contribution < 1.29 is 4.74 Å². The molecule has 0 N–H and O–H groups in total. The molecule has 1 rings (SSSR count). The first kappa shape index (κ1) is 16.3. The number of rotatable bonds is 10. The Bertz CT molecular complexity index is 335. The maximum Gasteiger partial charge on any atom is 0.137 e. The van der Waals surface area contributed by atoms with Gasteiger partial charge in [-0.05, 0) is 38.1 Å². The first-order valence-corrected chi connectivity index (χ1v) is 7.75. The van der Waals surface area contributed by atoms with E-state index in [1.54, 1.807) is 0 Å². The molecule has 2 nitrogen and oxygen atoms in total. The zero-order valence-electron chi connectivity index (χ0n) is 12.2. The van der Waals surface area contributed by atoms with Crippen LogP contribution in [0.5, 0.6) is 5.75 Å². The van der Waals surface area contributed by atoms with Gasteiger partial charge in [0.15, 0.2) is 0 Å². The standard InChI is InChI=1S/C16H26ClNO/c1-3-5-11-18(12-6-4-2)13-14-19-16-10-8-7-9-15(16)17/h7-10H,3-6,11-14H2,1-2H3. The molecule has 19 heavy (non-hydrogen) atoms. The molecule has 1 aromatic carbocycles. The van der Waals surface area contributed by atoms with E-state index in [9.17, 15) is 0 Å². The first-order valence-electron chi connectivity index (χ1n) is 7.37. The van der Waals surface area contributed by atoms with Gasteiger partial charge in [0.25, 0.3) is 0 Å². The van der Waals surface area contributed by atoms with E-state index in [2.05, 4.69) is 18.7 Å². The lowest BCUT2D eigenvalue weighted by molar-refractivity contribution is 0.204. The summed E-state index contributed by atoms with van der Waals surface area (Å²) in [6, 6.07) is 7.66. The van der Waals surface area contributed by atoms with Gasteiger partial charge in [0.2, 0.25) is 0 Å². The van der Waals surface area contributed by atoms with Crippen LogP contribution in [0.2, 0.25) is 5.02 Å². The van der Waals surface area contributed by atoms with Crippen LogP contribution in [-0.4, -0.2) is 31.1 Å². The fourth-order valence-corrected chi connectivity index (χ4v) is 2.14. The van der Waals surface area contributed by atoms with Gasteiger partial charge in [-0.3, -0.25) is 4.90 Å². The van der Waals surface area contributed by atoms with E-state index >= 15 is 0 Å². The number of benzene rings is 1. The van der Waals surface area contributed by atoms with Crippen molar-refractivity contribution in [2.45, 2.75) is 39.5 Å². The zero-order chi connectivity index (χ0) is 13.9. The second kappa shape index (κ2) is 10.1. The van der Waals surface area contributed by atoms with E-state index in [-0.39, 0.29) is 0 Å². The molecule has 0 saturated carbocycles. The molecule has 0 aliphatic rings. The molecule has 0 bridgehead atoms. The highest BCUT2D eigenvalue weighted by Gasteiger charge is 2.05. The first-order chi connectivity index (χ1) is 9.27. The zero-order valence-corrected chi connectivity index (χ0v) is 13.0. The summed E-state index contributed by atoms with van der Waals surface area (Å²) in [5, 5.41) is 0.691. The summed E-state index contributed by atoms with van der Waals surface area (Å²) >= 11 is 6.07. The molecule has 0 atom stereocenters. The number of hydrogen-bond donors (Lipinski definition) is 0. The maximum atomic E-state index is 6.07. The number of unbranched alkanes of at least 4 members (excludes halogenated alkanes) is 2. The average molecular weight is 284 g/mol. The van der Waals surface area contributed by atoms with E-state index < -0.39 is 0 Å². The van der Waals surface area contributed by atoms with Crippen LogP contribution in [0.25, 0.3) is 0 Å². The van der Waals surface area contributed by atoms with Gasteiger partial charge in [0, 0.05) is 6.54 Å². The summed E-state index contributed by atoms with van der Waals surface area (Å²) in [4.78, 5) is 2.49. The van der Waals surface area contributed by atoms with Crippen molar-refractivity contribution in [1.29, 1.82) is 0 Å². The average Bonchev–Trinajstić information content (AvgIpc) is 2.43. The fraction of sp³-hybridized carbons (Fsp3) is 0.625. The van der Waals surface area contributed by atoms with Crippen LogP contribution in [0.4, 0.5) is 0 Å². The van der Waals surface area contributed by atoms with Crippen LogP contribution in [0, 0.1) is 0 Å². The normalized spacial score (nSPS) is 10.9. The van der Waals surface area contributed by atoms with Crippen molar-refractivity contribution in [3.05, 3.63) is 29.3 Å². The molecule has 0 saturated heterocycles. The van der Waals surface area contributed by atoms with Crippen molar-refractivity contribution in [3.63, 3.8) is 0 Å². The molecular weight excluding hydrogens is 258 g/mol. The molecule has 0 radical (unpaired) electrons. The lowest BCUT2D eigenvalue weighted by atomic mass is 10.2. The van der Waals surface area contributed by atoms with E-state index in [1.165, 1.54) is 38.8 Å². The number of para-hydroxylation sites is 1. The van der Waals surface area contributed by atoms with Crippen molar-refractivity contribution >= 4 is 11.6 Å². The number of halogens is 1. The SMILES string of the molecule is CCCCN(CCCC)CCOc1ccccc1Cl. The van der Waals surface area contributed by atoms with Gasteiger partial charge < -0.3 is 4.74 Å². The molecule has 0 heterocycles. The van der Waals surface area contributed by atoms with Crippen molar-refractivity contribution in [2.24, 2.45) is 0 Å². The molecule has 0 fully saturated rings. The van der Waals surface area contributed by atoms with E-state index in [1.807, 2.05) is 24.3 Å². The Morgan fingerprint density at radius 3 is 2.21 bits per heavy atom. The number of hydrogen-bond acceptors (Lipinski definition) is 2. The topological polar surface area (TPSA) is 12.5 Å². The third kappa shape index (κ3) is 6.84. The minimum absolute atomic E-state index is 0.691. The van der Waals surface area contributed by atoms with E-state index in [0.717, 1.165) is 12.3 Å². The Hall–Kier alpha value is -0.730. The minimum atomic E-state index is 0.691. The maximum absolute atomic E-state index is 6.07. The molecule has 0 unspecified atom stereocenters. The van der Waals surface area contributed by atoms with Gasteiger partial charge in [-0.15, -0.1) is 0 Å². The number of nitrogens with zero attached hydrogens (tertiary/aromatic N) is 1. The van der Waals surface area contributed by atoms with Crippen LogP contribution in [0.3, 0.4) is 0 Å². The lowest BCUT2D eigenvalue weighted by Gasteiger charge is -2.22. The fourth-order valence-electron chi connectivity index (χ4n) is 1.95. The highest BCUT2D eigenvalue weighted by atomic mass is 35.5. The van der Waals surface area contributed by atoms with Crippen LogP contribution in [0.15, 0.2) is 24.3 Å². The highest BCUT2D eigenvalue weighted by molar-refractivity contribution is 6.32. The van der Waals surface area contributed by atoms with Crippen molar-refractivity contribution in [1.82, 2.24) is 4.90 Å². The Kier molecular flexibility index (Phi) is 8.68. The summed E-state index contributed by atoms with van der Waals surface area (Å²) in [5.41, 5.74) is 0. The van der Waals surface area contributed by atoms with Crippen molar-refractivity contribution in [2.75, 3.05) is 26.2 Å². The Labute approximate surface area is 122 Å². The van der Waals surface area contributed by atoms with E-state index in [0.29, 0.717) is 11.6 Å². The van der Waals surface area contributed by atoms with E-state index in [4.69, 9.17) is 16.3 Å². The lowest BCUT2D eigenvalue weighted by Crippen LogP contribution is -2.30. The molecule has 1 aromatic rings. The Morgan fingerprint density at radius 1 is 1.00 bits per heavy atom. The Balaban J connectivity index is 2.32. The summed E-state index contributed by atoms with van der Waals surface area (Å²) in [6.07, 6.45) is 5.01. The molecule has 0 aromatic heterocycles. The van der Waals surface area contributed by atoms with Crippen LogP contribution in [0.1, 0.15) is 39.5 Å². The second-order valence-electron chi connectivity index (χ2n) is 4.83.